The maximum absolute atomic E-state index is 12.9. The molecule has 1 fully saturated rings. The summed E-state index contributed by atoms with van der Waals surface area (Å²) in [5.74, 6) is 0.0281. The van der Waals surface area contributed by atoms with E-state index in [-0.39, 0.29) is 29.9 Å². The number of ether oxygens (including phenoxy) is 1. The number of rotatable bonds is 5. The molecule has 6 nitrogen and oxygen atoms in total. The minimum atomic E-state index is -0.237. The van der Waals surface area contributed by atoms with Crippen LogP contribution in [-0.2, 0) is 11.3 Å². The summed E-state index contributed by atoms with van der Waals surface area (Å²) in [5.41, 5.74) is 2.27. The van der Waals surface area contributed by atoms with E-state index in [1.54, 1.807) is 17.0 Å². The van der Waals surface area contributed by atoms with Gasteiger partial charge in [0.05, 0.1) is 18.9 Å². The summed E-state index contributed by atoms with van der Waals surface area (Å²) < 4.78 is 11.0. The number of hydrogen-bond acceptors (Lipinski definition) is 4. The van der Waals surface area contributed by atoms with Crippen molar-refractivity contribution in [3.63, 3.8) is 0 Å². The number of pyridine rings is 1. The lowest BCUT2D eigenvalue weighted by Crippen LogP contribution is -2.38. The molecule has 1 aromatic carbocycles. The molecule has 140 valence electrons. The number of fused-ring (bicyclic) bond motifs is 1. The average molecular weight is 366 g/mol. The van der Waals surface area contributed by atoms with Crippen LogP contribution in [0.3, 0.4) is 0 Å². The maximum atomic E-state index is 12.9. The van der Waals surface area contributed by atoms with Crippen LogP contribution in [0, 0.1) is 6.92 Å². The van der Waals surface area contributed by atoms with E-state index in [9.17, 15) is 9.59 Å². The number of aryl methyl sites for hydroxylation is 1. The van der Waals surface area contributed by atoms with E-state index in [1.807, 2.05) is 31.2 Å². The summed E-state index contributed by atoms with van der Waals surface area (Å²) in [7, 11) is 0. The number of H-pyrrole nitrogens is 1. The first kappa shape index (κ1) is 17.5. The van der Waals surface area contributed by atoms with Crippen LogP contribution in [0.25, 0.3) is 10.9 Å². The minimum Gasteiger partial charge on any atom is -0.459 e. The number of carbonyl (C=O) groups excluding carboxylic acids is 1. The Morgan fingerprint density at radius 2 is 2.19 bits per heavy atom. The van der Waals surface area contributed by atoms with E-state index in [0.717, 1.165) is 29.3 Å². The molecule has 3 heterocycles. The van der Waals surface area contributed by atoms with Crippen molar-refractivity contribution in [3.05, 3.63) is 69.9 Å². The standard InChI is InChI=1S/C21H22N2O4/c1-14-6-7-18-15(10-14)11-16(20(24)22-18)12-23(13-17-4-2-8-26-17)21(25)19-5-3-9-27-19/h3,5-7,9-11,17H,2,4,8,12-13H2,1H3,(H,22,24). The van der Waals surface area contributed by atoms with Crippen LogP contribution in [-0.4, -0.2) is 35.0 Å². The molecule has 2 aromatic heterocycles. The fraction of sp³-hybridized carbons (Fsp3) is 0.333. The smallest absolute Gasteiger partial charge is 0.289 e. The normalized spacial score (nSPS) is 16.7. The summed E-state index contributed by atoms with van der Waals surface area (Å²) in [6.07, 6.45) is 3.37. The van der Waals surface area contributed by atoms with Crippen molar-refractivity contribution in [2.24, 2.45) is 0 Å². The highest BCUT2D eigenvalue weighted by Gasteiger charge is 2.25. The van der Waals surface area contributed by atoms with Gasteiger partial charge in [0.1, 0.15) is 0 Å². The highest BCUT2D eigenvalue weighted by molar-refractivity contribution is 5.91. The van der Waals surface area contributed by atoms with Crippen molar-refractivity contribution in [1.29, 1.82) is 0 Å². The van der Waals surface area contributed by atoms with Gasteiger partial charge in [-0.2, -0.15) is 0 Å². The minimum absolute atomic E-state index is 0.00862. The molecule has 1 N–H and O–H groups in total. The Bertz CT molecular complexity index is 1000. The molecule has 1 unspecified atom stereocenters. The summed E-state index contributed by atoms with van der Waals surface area (Å²) in [5, 5.41) is 0.951. The predicted molar refractivity (Wildman–Crippen MR) is 102 cm³/mol. The van der Waals surface area contributed by atoms with Gasteiger partial charge in [0.15, 0.2) is 5.76 Å². The monoisotopic (exact) mass is 366 g/mol. The van der Waals surface area contributed by atoms with E-state index in [4.69, 9.17) is 9.15 Å². The average Bonchev–Trinajstić information content (AvgIpc) is 3.35. The number of benzene rings is 1. The molecule has 0 spiro atoms. The lowest BCUT2D eigenvalue weighted by molar-refractivity contribution is 0.0483. The van der Waals surface area contributed by atoms with Gasteiger partial charge in [0, 0.05) is 24.2 Å². The zero-order valence-electron chi connectivity index (χ0n) is 15.2. The van der Waals surface area contributed by atoms with Crippen LogP contribution in [0.2, 0.25) is 0 Å². The Hall–Kier alpha value is -2.86. The molecule has 3 aromatic rings. The van der Waals surface area contributed by atoms with Crippen molar-refractivity contribution in [2.45, 2.75) is 32.4 Å². The topological polar surface area (TPSA) is 75.5 Å². The van der Waals surface area contributed by atoms with Gasteiger partial charge < -0.3 is 19.0 Å². The Morgan fingerprint density at radius 1 is 1.30 bits per heavy atom. The van der Waals surface area contributed by atoms with Crippen LogP contribution in [0.5, 0.6) is 0 Å². The Balaban J connectivity index is 1.65. The number of nitrogens with one attached hydrogen (secondary N) is 1. The summed E-state index contributed by atoms with van der Waals surface area (Å²) >= 11 is 0. The molecule has 1 amide bonds. The van der Waals surface area contributed by atoms with Crippen molar-refractivity contribution in [1.82, 2.24) is 9.88 Å². The first-order valence-electron chi connectivity index (χ1n) is 9.17. The molecule has 1 aliphatic heterocycles. The van der Waals surface area contributed by atoms with E-state index < -0.39 is 0 Å². The molecule has 6 heteroatoms. The SMILES string of the molecule is Cc1ccc2[nH]c(=O)c(CN(CC3CCCO3)C(=O)c3ccco3)cc2c1. The highest BCUT2D eigenvalue weighted by atomic mass is 16.5. The summed E-state index contributed by atoms with van der Waals surface area (Å²) in [6.45, 7) is 3.36. The highest BCUT2D eigenvalue weighted by Crippen LogP contribution is 2.18. The number of hydrogen-bond donors (Lipinski definition) is 1. The quantitative estimate of drug-likeness (QED) is 0.752. The van der Waals surface area contributed by atoms with Gasteiger partial charge in [-0.05, 0) is 55.5 Å². The summed E-state index contributed by atoms with van der Waals surface area (Å²) in [6, 6.07) is 11.1. The van der Waals surface area contributed by atoms with Crippen molar-refractivity contribution in [2.75, 3.05) is 13.2 Å². The lowest BCUT2D eigenvalue weighted by atomic mass is 10.1. The van der Waals surface area contributed by atoms with E-state index in [0.29, 0.717) is 18.7 Å². The van der Waals surface area contributed by atoms with Crippen LogP contribution in [0.4, 0.5) is 0 Å². The Labute approximate surface area is 156 Å². The van der Waals surface area contributed by atoms with Gasteiger partial charge in [-0.1, -0.05) is 11.6 Å². The second-order valence-electron chi connectivity index (χ2n) is 7.01. The molecule has 0 bridgehead atoms. The van der Waals surface area contributed by atoms with Gasteiger partial charge in [0.2, 0.25) is 0 Å². The molecule has 1 saturated heterocycles. The largest absolute Gasteiger partial charge is 0.459 e. The predicted octanol–water partition coefficient (Wildman–Crippen LogP) is 3.25. The molecule has 1 atom stereocenters. The molecular weight excluding hydrogens is 344 g/mol. The first-order valence-corrected chi connectivity index (χ1v) is 9.17. The van der Waals surface area contributed by atoms with Crippen LogP contribution in [0.15, 0.2) is 51.9 Å². The zero-order valence-corrected chi connectivity index (χ0v) is 15.2. The molecule has 0 saturated carbocycles. The number of nitrogens with zero attached hydrogens (tertiary/aromatic N) is 1. The first-order chi connectivity index (χ1) is 13.1. The number of carbonyl (C=O) groups is 1. The molecule has 0 aliphatic carbocycles. The maximum Gasteiger partial charge on any atom is 0.289 e. The second kappa shape index (κ2) is 7.40. The van der Waals surface area contributed by atoms with Crippen LogP contribution < -0.4 is 5.56 Å². The fourth-order valence-corrected chi connectivity index (χ4v) is 3.50. The lowest BCUT2D eigenvalue weighted by Gasteiger charge is -2.24. The second-order valence-corrected chi connectivity index (χ2v) is 7.01. The van der Waals surface area contributed by atoms with Gasteiger partial charge in [0.25, 0.3) is 11.5 Å². The van der Waals surface area contributed by atoms with Crippen molar-refractivity contribution < 1.29 is 13.9 Å². The van der Waals surface area contributed by atoms with Crippen molar-refractivity contribution >= 4 is 16.8 Å². The van der Waals surface area contributed by atoms with Gasteiger partial charge >= 0.3 is 0 Å². The number of furan rings is 1. The van der Waals surface area contributed by atoms with E-state index in [1.165, 1.54) is 6.26 Å². The van der Waals surface area contributed by atoms with E-state index in [2.05, 4.69) is 4.98 Å². The van der Waals surface area contributed by atoms with Crippen LogP contribution >= 0.6 is 0 Å². The van der Waals surface area contributed by atoms with Gasteiger partial charge in [-0.3, -0.25) is 9.59 Å². The number of aromatic nitrogens is 1. The third-order valence-corrected chi connectivity index (χ3v) is 4.91. The third kappa shape index (κ3) is 3.80. The molecule has 27 heavy (non-hydrogen) atoms. The molecular formula is C21H22N2O4. The third-order valence-electron chi connectivity index (χ3n) is 4.91. The summed E-state index contributed by atoms with van der Waals surface area (Å²) in [4.78, 5) is 30.0. The molecule has 4 rings (SSSR count). The Morgan fingerprint density at radius 3 is 2.93 bits per heavy atom. The fourth-order valence-electron chi connectivity index (χ4n) is 3.50. The van der Waals surface area contributed by atoms with E-state index >= 15 is 0 Å². The van der Waals surface area contributed by atoms with Gasteiger partial charge in [-0.25, -0.2) is 0 Å². The number of amides is 1. The number of aromatic amines is 1. The van der Waals surface area contributed by atoms with Crippen molar-refractivity contribution in [3.8, 4) is 0 Å². The zero-order chi connectivity index (χ0) is 18.8. The molecule has 0 radical (unpaired) electrons. The molecule has 1 aliphatic rings. The Kier molecular flexibility index (Phi) is 4.81. The van der Waals surface area contributed by atoms with Gasteiger partial charge in [-0.15, -0.1) is 0 Å². The van der Waals surface area contributed by atoms with Crippen LogP contribution in [0.1, 0.15) is 34.5 Å².